The van der Waals surface area contributed by atoms with Gasteiger partial charge in [-0.3, -0.25) is 9.59 Å². The van der Waals surface area contributed by atoms with Crippen molar-refractivity contribution < 1.29 is 29.0 Å². The van der Waals surface area contributed by atoms with Crippen molar-refractivity contribution in [2.24, 2.45) is 0 Å². The molecule has 0 bridgehead atoms. The summed E-state index contributed by atoms with van der Waals surface area (Å²) in [5.74, 6) is -1.38. The van der Waals surface area contributed by atoms with Crippen LogP contribution >= 0.6 is 0 Å². The maximum atomic E-state index is 12.8. The van der Waals surface area contributed by atoms with Crippen LogP contribution in [0.15, 0.2) is 48.5 Å². The van der Waals surface area contributed by atoms with E-state index in [-0.39, 0.29) is 43.9 Å². The summed E-state index contributed by atoms with van der Waals surface area (Å²) in [6.07, 6.45) is 0.445. The molecule has 2 amide bonds. The van der Waals surface area contributed by atoms with E-state index in [9.17, 15) is 14.4 Å². The first-order chi connectivity index (χ1) is 16.4. The number of carbonyl (C=O) groups is 3. The van der Waals surface area contributed by atoms with Gasteiger partial charge in [0.2, 0.25) is 5.91 Å². The molecule has 0 radical (unpaired) electrons. The summed E-state index contributed by atoms with van der Waals surface area (Å²) >= 11 is 0. The molecule has 3 rings (SSSR count). The standard InChI is InChI=1S/C26H32N2O6/c1-3-17(12-13-24(29)30)27-25(31)23(14-15-33-2)28-26(32)34-16-22-20-10-6-4-8-18(20)19-9-5-7-11-21(19)22/h4-11,17,22-23H,3,12-16H2,1-2H3,(H,27,31)(H,28,32)(H,29,30). The van der Waals surface area contributed by atoms with Crippen molar-refractivity contribution in [2.75, 3.05) is 20.3 Å². The van der Waals surface area contributed by atoms with Crippen molar-refractivity contribution in [3.05, 3.63) is 59.7 Å². The number of fused-ring (bicyclic) bond motifs is 3. The molecule has 8 heteroatoms. The average molecular weight is 469 g/mol. The van der Waals surface area contributed by atoms with E-state index >= 15 is 0 Å². The zero-order chi connectivity index (χ0) is 24.5. The lowest BCUT2D eigenvalue weighted by molar-refractivity contribution is -0.137. The molecule has 0 heterocycles. The van der Waals surface area contributed by atoms with Gasteiger partial charge in [-0.05, 0) is 35.1 Å². The number of carboxylic acid groups (broad SMARTS) is 1. The van der Waals surface area contributed by atoms with Crippen LogP contribution in [0.2, 0.25) is 0 Å². The summed E-state index contributed by atoms with van der Waals surface area (Å²) in [6, 6.07) is 15.0. The quantitative estimate of drug-likeness (QED) is 0.438. The number of alkyl carbamates (subject to hydrolysis) is 1. The van der Waals surface area contributed by atoms with Crippen LogP contribution in [-0.4, -0.2) is 55.5 Å². The maximum Gasteiger partial charge on any atom is 0.407 e. The minimum atomic E-state index is -0.916. The largest absolute Gasteiger partial charge is 0.481 e. The normalized spacial score (nSPS) is 13.9. The molecule has 0 fully saturated rings. The number of ether oxygens (including phenoxy) is 2. The van der Waals surface area contributed by atoms with Crippen molar-refractivity contribution in [3.63, 3.8) is 0 Å². The Morgan fingerprint density at radius 2 is 1.59 bits per heavy atom. The van der Waals surface area contributed by atoms with Gasteiger partial charge in [-0.15, -0.1) is 0 Å². The zero-order valence-electron chi connectivity index (χ0n) is 19.6. The van der Waals surface area contributed by atoms with Gasteiger partial charge >= 0.3 is 12.1 Å². The minimum Gasteiger partial charge on any atom is -0.481 e. The highest BCUT2D eigenvalue weighted by atomic mass is 16.5. The van der Waals surface area contributed by atoms with Crippen LogP contribution in [0.4, 0.5) is 4.79 Å². The molecule has 2 atom stereocenters. The molecule has 8 nitrogen and oxygen atoms in total. The fourth-order valence-corrected chi connectivity index (χ4v) is 4.26. The van der Waals surface area contributed by atoms with E-state index < -0.39 is 18.1 Å². The number of rotatable bonds is 12. The molecule has 1 aliphatic carbocycles. The lowest BCUT2D eigenvalue weighted by atomic mass is 9.98. The molecule has 0 spiro atoms. The van der Waals surface area contributed by atoms with Crippen LogP contribution < -0.4 is 10.6 Å². The maximum absolute atomic E-state index is 12.8. The molecule has 2 unspecified atom stereocenters. The summed E-state index contributed by atoms with van der Waals surface area (Å²) in [5, 5.41) is 14.4. The van der Waals surface area contributed by atoms with Crippen molar-refractivity contribution >= 4 is 18.0 Å². The number of nitrogens with one attached hydrogen (secondary N) is 2. The number of aliphatic carboxylic acids is 1. The Hall–Kier alpha value is -3.39. The average Bonchev–Trinajstić information content (AvgIpc) is 3.16. The number of amides is 2. The monoisotopic (exact) mass is 468 g/mol. The molecule has 0 aliphatic heterocycles. The Kier molecular flexibility index (Phi) is 9.04. The molecule has 2 aromatic rings. The van der Waals surface area contributed by atoms with Crippen LogP contribution in [0.25, 0.3) is 11.1 Å². The fourth-order valence-electron chi connectivity index (χ4n) is 4.26. The Morgan fingerprint density at radius 1 is 0.971 bits per heavy atom. The van der Waals surface area contributed by atoms with E-state index in [0.717, 1.165) is 22.3 Å². The third-order valence-electron chi connectivity index (χ3n) is 6.11. The minimum absolute atomic E-state index is 0.0403. The number of carboxylic acids is 1. The van der Waals surface area contributed by atoms with Gasteiger partial charge in [0, 0.05) is 38.5 Å². The topological polar surface area (TPSA) is 114 Å². The zero-order valence-corrected chi connectivity index (χ0v) is 19.6. The third kappa shape index (κ3) is 6.35. The van der Waals surface area contributed by atoms with Crippen LogP contribution in [0.3, 0.4) is 0 Å². The van der Waals surface area contributed by atoms with Crippen molar-refractivity contribution in [1.29, 1.82) is 0 Å². The van der Waals surface area contributed by atoms with Gasteiger partial charge in [-0.1, -0.05) is 55.5 Å². The van der Waals surface area contributed by atoms with Crippen LogP contribution in [0.5, 0.6) is 0 Å². The van der Waals surface area contributed by atoms with Crippen molar-refractivity contribution in [2.45, 2.75) is 50.6 Å². The first kappa shape index (κ1) is 25.2. The second-order valence-corrected chi connectivity index (χ2v) is 8.35. The smallest absolute Gasteiger partial charge is 0.407 e. The molecular weight excluding hydrogens is 436 g/mol. The van der Waals surface area contributed by atoms with Crippen LogP contribution in [-0.2, 0) is 19.1 Å². The fraction of sp³-hybridized carbons (Fsp3) is 0.423. The highest BCUT2D eigenvalue weighted by Crippen LogP contribution is 2.44. The molecule has 3 N–H and O–H groups in total. The summed E-state index contributed by atoms with van der Waals surface area (Å²) in [5.41, 5.74) is 4.48. The molecule has 34 heavy (non-hydrogen) atoms. The lowest BCUT2D eigenvalue weighted by Gasteiger charge is -2.23. The van der Waals surface area contributed by atoms with E-state index in [4.69, 9.17) is 14.6 Å². The van der Waals surface area contributed by atoms with E-state index in [0.29, 0.717) is 12.8 Å². The molecule has 0 saturated carbocycles. The summed E-state index contributed by atoms with van der Waals surface area (Å²) in [4.78, 5) is 36.3. The summed E-state index contributed by atoms with van der Waals surface area (Å²) in [7, 11) is 1.52. The van der Waals surface area contributed by atoms with Gasteiger partial charge < -0.3 is 25.2 Å². The first-order valence-corrected chi connectivity index (χ1v) is 11.6. The SMILES string of the molecule is CCC(CCC(=O)O)NC(=O)C(CCOC)NC(=O)OCC1c2ccccc2-c2ccccc21. The number of hydrogen-bond donors (Lipinski definition) is 3. The summed E-state index contributed by atoms with van der Waals surface area (Å²) in [6.45, 7) is 2.29. The molecule has 2 aromatic carbocycles. The highest BCUT2D eigenvalue weighted by Gasteiger charge is 2.30. The molecule has 0 saturated heterocycles. The Bertz CT molecular complexity index is 963. The molecule has 182 valence electrons. The summed E-state index contributed by atoms with van der Waals surface area (Å²) < 4.78 is 10.6. The van der Waals surface area contributed by atoms with E-state index in [1.54, 1.807) is 0 Å². The number of methoxy groups -OCH3 is 1. The van der Waals surface area contributed by atoms with Gasteiger partial charge in [-0.25, -0.2) is 4.79 Å². The Balaban J connectivity index is 1.62. The highest BCUT2D eigenvalue weighted by molar-refractivity contribution is 5.86. The van der Waals surface area contributed by atoms with Gasteiger partial charge in [0.1, 0.15) is 12.6 Å². The van der Waals surface area contributed by atoms with Gasteiger partial charge in [0.25, 0.3) is 0 Å². The predicted octanol–water partition coefficient (Wildman–Crippen LogP) is 3.69. The number of benzene rings is 2. The van der Waals surface area contributed by atoms with E-state index in [1.807, 2.05) is 43.3 Å². The van der Waals surface area contributed by atoms with E-state index in [1.165, 1.54) is 7.11 Å². The predicted molar refractivity (Wildman–Crippen MR) is 128 cm³/mol. The number of hydrogen-bond acceptors (Lipinski definition) is 5. The number of carbonyl (C=O) groups excluding carboxylic acids is 2. The van der Waals surface area contributed by atoms with E-state index in [2.05, 4.69) is 22.8 Å². The van der Waals surface area contributed by atoms with Crippen LogP contribution in [0, 0.1) is 0 Å². The van der Waals surface area contributed by atoms with Crippen molar-refractivity contribution in [1.82, 2.24) is 10.6 Å². The molecule has 0 aromatic heterocycles. The second kappa shape index (κ2) is 12.2. The molecule has 1 aliphatic rings. The Labute approximate surface area is 199 Å². The Morgan fingerprint density at radius 3 is 2.15 bits per heavy atom. The second-order valence-electron chi connectivity index (χ2n) is 8.35. The first-order valence-electron chi connectivity index (χ1n) is 11.6. The molecular formula is C26H32N2O6. The van der Waals surface area contributed by atoms with Gasteiger partial charge in [0.15, 0.2) is 0 Å². The van der Waals surface area contributed by atoms with Gasteiger partial charge in [0.05, 0.1) is 0 Å². The van der Waals surface area contributed by atoms with Crippen LogP contribution in [0.1, 0.15) is 49.7 Å². The van der Waals surface area contributed by atoms with Gasteiger partial charge in [-0.2, -0.15) is 0 Å². The van der Waals surface area contributed by atoms with Crippen molar-refractivity contribution in [3.8, 4) is 11.1 Å². The third-order valence-corrected chi connectivity index (χ3v) is 6.11. The lowest BCUT2D eigenvalue weighted by Crippen LogP contribution is -2.50.